The van der Waals surface area contributed by atoms with E-state index in [1.165, 1.54) is 12.3 Å². The van der Waals surface area contributed by atoms with Gasteiger partial charge in [0.1, 0.15) is 15.7 Å². The van der Waals surface area contributed by atoms with Crippen molar-refractivity contribution in [2.75, 3.05) is 17.3 Å². The molecule has 0 fully saturated rings. The van der Waals surface area contributed by atoms with Crippen LogP contribution in [0.15, 0.2) is 22.7 Å². The summed E-state index contributed by atoms with van der Waals surface area (Å²) in [5.74, 6) is -0.302. The highest BCUT2D eigenvalue weighted by atomic mass is 79.9. The fraction of sp³-hybridized carbons (Fsp3) is 0.400. The number of halogens is 2. The average molecular weight is 310 g/mol. The molecule has 0 spiro atoms. The lowest BCUT2D eigenvalue weighted by atomic mass is 10.3. The van der Waals surface area contributed by atoms with Gasteiger partial charge in [0.05, 0.1) is 10.2 Å². The molecule has 16 heavy (non-hydrogen) atoms. The fourth-order valence-electron chi connectivity index (χ4n) is 1.37. The average Bonchev–Trinajstić information content (AvgIpc) is 2.08. The highest BCUT2D eigenvalue weighted by Gasteiger charge is 2.10. The smallest absolute Gasteiger partial charge is 0.149 e. The first-order valence-corrected chi connectivity index (χ1v) is 7.52. The molecule has 0 aliphatic heterocycles. The number of anilines is 1. The minimum absolute atomic E-state index is 0.0436. The van der Waals surface area contributed by atoms with E-state index in [0.717, 1.165) is 0 Å². The normalized spacial score (nSPS) is 13.5. The molecule has 1 atom stereocenters. The van der Waals surface area contributed by atoms with E-state index in [2.05, 4.69) is 21.2 Å². The minimum Gasteiger partial charge on any atom is -0.382 e. The van der Waals surface area contributed by atoms with Gasteiger partial charge in [0.2, 0.25) is 0 Å². The molecule has 1 aromatic carbocycles. The Balaban J connectivity index is 2.70. The van der Waals surface area contributed by atoms with Crippen LogP contribution < -0.4 is 5.32 Å². The van der Waals surface area contributed by atoms with Crippen molar-refractivity contribution in [3.63, 3.8) is 0 Å². The second-order valence-corrected chi connectivity index (χ2v) is 6.81. The van der Waals surface area contributed by atoms with E-state index in [1.807, 2.05) is 0 Å². The molecule has 0 saturated heterocycles. The molecule has 0 saturated carbocycles. The van der Waals surface area contributed by atoms with Gasteiger partial charge in [-0.1, -0.05) is 0 Å². The first-order valence-electron chi connectivity index (χ1n) is 4.67. The van der Waals surface area contributed by atoms with Gasteiger partial charge in [0.25, 0.3) is 0 Å². The zero-order chi connectivity index (χ0) is 12.3. The molecule has 0 heterocycles. The molecule has 0 bridgehead atoms. The molecule has 90 valence electrons. The maximum absolute atomic E-state index is 12.9. The van der Waals surface area contributed by atoms with Gasteiger partial charge in [0, 0.05) is 18.0 Å². The van der Waals surface area contributed by atoms with Gasteiger partial charge in [0.15, 0.2) is 0 Å². The van der Waals surface area contributed by atoms with Crippen molar-refractivity contribution >= 4 is 31.5 Å². The molecule has 3 nitrogen and oxygen atoms in total. The van der Waals surface area contributed by atoms with Gasteiger partial charge in [-0.3, -0.25) is 0 Å². The molecule has 0 amide bonds. The zero-order valence-electron chi connectivity index (χ0n) is 9.00. The maximum atomic E-state index is 12.9. The fourth-order valence-corrected chi connectivity index (χ4v) is 2.74. The molecular formula is C10H13BrFNO2S. The lowest BCUT2D eigenvalue weighted by Crippen LogP contribution is -2.24. The molecule has 0 radical (unpaired) electrons. The monoisotopic (exact) mass is 309 g/mol. The number of nitrogens with one attached hydrogen (secondary N) is 1. The number of rotatable bonds is 4. The molecular weight excluding hydrogens is 297 g/mol. The van der Waals surface area contributed by atoms with Crippen molar-refractivity contribution in [1.29, 1.82) is 0 Å². The van der Waals surface area contributed by atoms with Crippen LogP contribution in [0, 0.1) is 5.82 Å². The summed E-state index contributed by atoms with van der Waals surface area (Å²) in [5.41, 5.74) is 0.685. The third-order valence-corrected chi connectivity index (χ3v) is 3.60. The summed E-state index contributed by atoms with van der Waals surface area (Å²) < 4.78 is 35.4. The Bertz CT molecular complexity index is 476. The summed E-state index contributed by atoms with van der Waals surface area (Å²) >= 11 is 3.06. The second kappa shape index (κ2) is 5.14. The largest absolute Gasteiger partial charge is 0.382 e. The summed E-state index contributed by atoms with van der Waals surface area (Å²) in [7, 11) is -3.01. The molecule has 6 heteroatoms. The van der Waals surface area contributed by atoms with E-state index in [1.54, 1.807) is 19.1 Å². The molecule has 0 aliphatic carbocycles. The topological polar surface area (TPSA) is 46.2 Å². The van der Waals surface area contributed by atoms with Crippen molar-refractivity contribution in [2.24, 2.45) is 0 Å². The third-order valence-electron chi connectivity index (χ3n) is 1.89. The van der Waals surface area contributed by atoms with E-state index in [9.17, 15) is 12.8 Å². The summed E-state index contributed by atoms with van der Waals surface area (Å²) in [6.07, 6.45) is 1.19. The standard InChI is InChI=1S/C10H13BrFNO2S/c1-7(6-16(2,14)15)13-8-3-4-10(12)9(11)5-8/h3-5,7,13H,6H2,1-2H3. The Morgan fingerprint density at radius 2 is 2.12 bits per heavy atom. The minimum atomic E-state index is -3.01. The van der Waals surface area contributed by atoms with Crippen LogP contribution in [0.4, 0.5) is 10.1 Å². The highest BCUT2D eigenvalue weighted by molar-refractivity contribution is 9.10. The van der Waals surface area contributed by atoms with Crippen LogP contribution in [0.3, 0.4) is 0 Å². The van der Waals surface area contributed by atoms with E-state index < -0.39 is 9.84 Å². The van der Waals surface area contributed by atoms with Gasteiger partial charge in [-0.15, -0.1) is 0 Å². The summed E-state index contributed by atoms with van der Waals surface area (Å²) in [5, 5.41) is 2.99. The van der Waals surface area contributed by atoms with Crippen molar-refractivity contribution in [3.05, 3.63) is 28.5 Å². The first kappa shape index (κ1) is 13.4. The van der Waals surface area contributed by atoms with Gasteiger partial charge < -0.3 is 5.32 Å². The molecule has 1 rings (SSSR count). The van der Waals surface area contributed by atoms with Crippen LogP contribution in [-0.4, -0.2) is 26.5 Å². The number of hydrogen-bond acceptors (Lipinski definition) is 3. The van der Waals surface area contributed by atoms with Crippen LogP contribution in [-0.2, 0) is 9.84 Å². The van der Waals surface area contributed by atoms with E-state index in [-0.39, 0.29) is 17.6 Å². The number of sulfone groups is 1. The van der Waals surface area contributed by atoms with Crippen molar-refractivity contribution in [1.82, 2.24) is 0 Å². The Labute approximate surface area is 103 Å². The Hall–Kier alpha value is -0.620. The van der Waals surface area contributed by atoms with E-state index in [0.29, 0.717) is 10.2 Å². The third kappa shape index (κ3) is 4.49. The Morgan fingerprint density at radius 1 is 1.50 bits per heavy atom. The quantitative estimate of drug-likeness (QED) is 0.929. The predicted octanol–water partition coefficient (Wildman–Crippen LogP) is 2.43. The molecule has 1 unspecified atom stereocenters. The van der Waals surface area contributed by atoms with Crippen LogP contribution in [0.1, 0.15) is 6.92 Å². The summed E-state index contributed by atoms with van der Waals surface area (Å²) in [6.45, 7) is 1.76. The van der Waals surface area contributed by atoms with Crippen molar-refractivity contribution in [3.8, 4) is 0 Å². The van der Waals surface area contributed by atoms with Crippen LogP contribution in [0.5, 0.6) is 0 Å². The lowest BCUT2D eigenvalue weighted by molar-refractivity contribution is 0.597. The predicted molar refractivity (Wildman–Crippen MR) is 66.9 cm³/mol. The first-order chi connectivity index (χ1) is 7.28. The van der Waals surface area contributed by atoms with Gasteiger partial charge >= 0.3 is 0 Å². The van der Waals surface area contributed by atoms with Crippen molar-refractivity contribution < 1.29 is 12.8 Å². The Morgan fingerprint density at radius 3 is 2.62 bits per heavy atom. The molecule has 1 N–H and O–H groups in total. The van der Waals surface area contributed by atoms with Crippen LogP contribution in [0.25, 0.3) is 0 Å². The van der Waals surface area contributed by atoms with Crippen LogP contribution >= 0.6 is 15.9 Å². The molecule has 0 aromatic heterocycles. The second-order valence-electron chi connectivity index (χ2n) is 3.77. The molecule has 0 aliphatic rings. The van der Waals surface area contributed by atoms with Gasteiger partial charge in [-0.05, 0) is 41.1 Å². The summed E-state index contributed by atoms with van der Waals surface area (Å²) in [6, 6.07) is 4.25. The highest BCUT2D eigenvalue weighted by Crippen LogP contribution is 2.20. The number of hydrogen-bond donors (Lipinski definition) is 1. The Kier molecular flexibility index (Phi) is 4.32. The summed E-state index contributed by atoms with van der Waals surface area (Å²) in [4.78, 5) is 0. The van der Waals surface area contributed by atoms with Gasteiger partial charge in [-0.2, -0.15) is 0 Å². The van der Waals surface area contributed by atoms with E-state index >= 15 is 0 Å². The van der Waals surface area contributed by atoms with Crippen LogP contribution in [0.2, 0.25) is 0 Å². The van der Waals surface area contributed by atoms with Gasteiger partial charge in [-0.25, -0.2) is 12.8 Å². The maximum Gasteiger partial charge on any atom is 0.149 e. The van der Waals surface area contributed by atoms with E-state index in [4.69, 9.17) is 0 Å². The number of benzene rings is 1. The zero-order valence-corrected chi connectivity index (χ0v) is 11.4. The van der Waals surface area contributed by atoms with Crippen molar-refractivity contribution in [2.45, 2.75) is 13.0 Å². The molecule has 1 aromatic rings. The lowest BCUT2D eigenvalue weighted by Gasteiger charge is -2.14. The SMILES string of the molecule is CC(CS(C)(=O)=O)Nc1ccc(F)c(Br)c1.